The van der Waals surface area contributed by atoms with Crippen molar-refractivity contribution in [2.75, 3.05) is 20.2 Å². The monoisotopic (exact) mass is 369 g/mol. The van der Waals surface area contributed by atoms with Crippen LogP contribution in [0.5, 0.6) is 5.88 Å². The third kappa shape index (κ3) is 3.42. The van der Waals surface area contributed by atoms with Gasteiger partial charge in [-0.1, -0.05) is 26.2 Å². The smallest absolute Gasteiger partial charge is 0.257 e. The Morgan fingerprint density at radius 1 is 1.19 bits per heavy atom. The molecule has 2 aromatic heterocycles. The Balaban J connectivity index is 1.56. The minimum atomic E-state index is 0.101. The summed E-state index contributed by atoms with van der Waals surface area (Å²) in [5.41, 5.74) is 1.56. The van der Waals surface area contributed by atoms with Crippen LogP contribution in [0, 0.1) is 11.8 Å². The number of amides is 1. The van der Waals surface area contributed by atoms with Crippen LogP contribution < -0.4 is 4.74 Å². The van der Waals surface area contributed by atoms with Gasteiger partial charge in [0.2, 0.25) is 5.88 Å². The molecule has 3 heterocycles. The fraction of sp³-hybridized carbons (Fsp3) is 0.600. The molecule has 27 heavy (non-hydrogen) atoms. The predicted molar refractivity (Wildman–Crippen MR) is 101 cm³/mol. The predicted octanol–water partition coefficient (Wildman–Crippen LogP) is 2.89. The van der Waals surface area contributed by atoms with E-state index in [0.717, 1.165) is 31.1 Å². The minimum absolute atomic E-state index is 0.101. The van der Waals surface area contributed by atoms with Crippen LogP contribution in [-0.4, -0.2) is 51.0 Å². The molecule has 0 spiro atoms. The lowest BCUT2D eigenvalue weighted by atomic mass is 9.75. The first kappa shape index (κ1) is 17.9. The number of methoxy groups -OCH3 is 1. The molecule has 1 aliphatic carbocycles. The van der Waals surface area contributed by atoms with Crippen molar-refractivity contribution < 1.29 is 9.53 Å². The molecule has 2 fully saturated rings. The molecule has 0 aromatic carbocycles. The number of carbonyl (C=O) groups excluding carboxylic acids is 1. The van der Waals surface area contributed by atoms with Gasteiger partial charge in [0.05, 0.1) is 24.6 Å². The number of fused-ring (bicyclic) bond motifs is 1. The molecular weight excluding hydrogens is 342 g/mol. The Morgan fingerprint density at radius 3 is 2.70 bits per heavy atom. The second-order valence-corrected chi connectivity index (χ2v) is 7.55. The second-order valence-electron chi connectivity index (χ2n) is 7.55. The topological polar surface area (TPSA) is 73.1 Å². The molecule has 0 N–H and O–H groups in total. The Morgan fingerprint density at radius 2 is 2.00 bits per heavy atom. The van der Waals surface area contributed by atoms with E-state index in [1.807, 2.05) is 11.8 Å². The van der Waals surface area contributed by atoms with Crippen molar-refractivity contribution in [1.29, 1.82) is 0 Å². The average Bonchev–Trinajstić information content (AvgIpc) is 3.17. The zero-order valence-electron chi connectivity index (χ0n) is 16.1. The highest BCUT2D eigenvalue weighted by molar-refractivity contribution is 5.95. The molecule has 1 saturated carbocycles. The summed E-state index contributed by atoms with van der Waals surface area (Å²) in [5, 5.41) is 12.6. The van der Waals surface area contributed by atoms with Gasteiger partial charge in [0.15, 0.2) is 5.82 Å². The highest BCUT2D eigenvalue weighted by atomic mass is 16.5. The first-order valence-electron chi connectivity index (χ1n) is 9.95. The minimum Gasteiger partial charge on any atom is -0.480 e. The zero-order chi connectivity index (χ0) is 18.8. The van der Waals surface area contributed by atoms with Gasteiger partial charge in [-0.2, -0.15) is 5.10 Å². The molecule has 1 aliphatic heterocycles. The third-order valence-electron chi connectivity index (χ3n) is 6.06. The van der Waals surface area contributed by atoms with E-state index < -0.39 is 0 Å². The number of carbonyl (C=O) groups is 1. The lowest BCUT2D eigenvalue weighted by molar-refractivity contribution is 0.0520. The van der Waals surface area contributed by atoms with Crippen molar-refractivity contribution in [3.8, 4) is 11.7 Å². The molecule has 4 rings (SSSR count). The van der Waals surface area contributed by atoms with Crippen LogP contribution in [0.4, 0.5) is 0 Å². The number of rotatable bonds is 4. The molecule has 2 aromatic rings. The highest BCUT2D eigenvalue weighted by Crippen LogP contribution is 2.36. The number of likely N-dealkylation sites (tertiary alicyclic amines) is 1. The van der Waals surface area contributed by atoms with Gasteiger partial charge >= 0.3 is 0 Å². The number of ether oxygens (including phenoxy) is 1. The van der Waals surface area contributed by atoms with Crippen LogP contribution in [-0.2, 0) is 6.42 Å². The Kier molecular flexibility index (Phi) is 5.09. The van der Waals surface area contributed by atoms with Gasteiger partial charge in [-0.3, -0.25) is 4.79 Å². The van der Waals surface area contributed by atoms with E-state index in [1.165, 1.54) is 25.7 Å². The summed E-state index contributed by atoms with van der Waals surface area (Å²) >= 11 is 0. The van der Waals surface area contributed by atoms with E-state index in [2.05, 4.69) is 15.3 Å². The molecule has 144 valence electrons. The number of nitrogens with zero attached hydrogens (tertiary/aromatic N) is 5. The molecule has 0 unspecified atom stereocenters. The first-order chi connectivity index (χ1) is 13.2. The van der Waals surface area contributed by atoms with Gasteiger partial charge in [-0.15, -0.1) is 10.2 Å². The maximum Gasteiger partial charge on any atom is 0.257 e. The van der Waals surface area contributed by atoms with E-state index in [9.17, 15) is 4.79 Å². The Labute approximate surface area is 159 Å². The number of piperidine rings is 1. The van der Waals surface area contributed by atoms with E-state index in [0.29, 0.717) is 29.6 Å². The van der Waals surface area contributed by atoms with Crippen LogP contribution in [0.2, 0.25) is 0 Å². The maximum absolute atomic E-state index is 13.2. The molecule has 0 radical (unpaired) electrons. The summed E-state index contributed by atoms with van der Waals surface area (Å²) in [6.45, 7) is 3.78. The van der Waals surface area contributed by atoms with Crippen LogP contribution >= 0.6 is 0 Å². The van der Waals surface area contributed by atoms with E-state index >= 15 is 0 Å². The van der Waals surface area contributed by atoms with Gasteiger partial charge in [0, 0.05) is 19.2 Å². The van der Waals surface area contributed by atoms with E-state index in [-0.39, 0.29) is 5.91 Å². The van der Waals surface area contributed by atoms with Crippen molar-refractivity contribution in [2.24, 2.45) is 11.8 Å². The normalized spacial score (nSPS) is 22.4. The largest absolute Gasteiger partial charge is 0.480 e. The SMILES string of the molecule is CCc1c(C(=O)N2CC[C@@H]3CCCC[C@@H]3C2)cnn1-c1ccc(OC)nn1. The Hall–Kier alpha value is -2.44. The van der Waals surface area contributed by atoms with E-state index in [1.54, 1.807) is 30.1 Å². The van der Waals surface area contributed by atoms with Crippen molar-refractivity contribution in [3.05, 3.63) is 29.6 Å². The molecule has 7 nitrogen and oxygen atoms in total. The fourth-order valence-electron chi connectivity index (χ4n) is 4.58. The summed E-state index contributed by atoms with van der Waals surface area (Å²) in [4.78, 5) is 15.3. The molecule has 2 atom stereocenters. The fourth-order valence-corrected chi connectivity index (χ4v) is 4.58. The summed E-state index contributed by atoms with van der Waals surface area (Å²) in [6.07, 6.45) is 8.77. The average molecular weight is 369 g/mol. The summed E-state index contributed by atoms with van der Waals surface area (Å²) in [7, 11) is 1.56. The van der Waals surface area contributed by atoms with Gasteiger partial charge < -0.3 is 9.64 Å². The summed E-state index contributed by atoms with van der Waals surface area (Å²) in [6, 6.07) is 3.55. The van der Waals surface area contributed by atoms with Gasteiger partial charge in [0.1, 0.15) is 0 Å². The van der Waals surface area contributed by atoms with Gasteiger partial charge in [-0.25, -0.2) is 4.68 Å². The van der Waals surface area contributed by atoms with Gasteiger partial charge in [0.25, 0.3) is 5.91 Å². The quantitative estimate of drug-likeness (QED) is 0.828. The molecular formula is C20H27N5O2. The summed E-state index contributed by atoms with van der Waals surface area (Å²) < 4.78 is 6.78. The molecule has 1 saturated heterocycles. The highest BCUT2D eigenvalue weighted by Gasteiger charge is 2.34. The van der Waals surface area contributed by atoms with Crippen molar-refractivity contribution in [2.45, 2.75) is 45.4 Å². The molecule has 0 bridgehead atoms. The molecule has 7 heteroatoms. The standard InChI is InChI=1S/C20H27N5O2/c1-3-17-16(12-21-25(17)18-8-9-19(27-2)23-22-18)20(26)24-11-10-14-6-4-5-7-15(14)13-24/h8-9,12,14-15H,3-7,10-11,13H2,1-2H3/t14-,15+/m0/s1. The second kappa shape index (κ2) is 7.66. The van der Waals surface area contributed by atoms with Crippen molar-refractivity contribution >= 4 is 5.91 Å². The van der Waals surface area contributed by atoms with Crippen molar-refractivity contribution in [3.63, 3.8) is 0 Å². The first-order valence-corrected chi connectivity index (χ1v) is 9.95. The Bertz CT molecular complexity index is 801. The van der Waals surface area contributed by atoms with Crippen LogP contribution in [0.25, 0.3) is 5.82 Å². The van der Waals surface area contributed by atoms with E-state index in [4.69, 9.17) is 4.74 Å². The third-order valence-corrected chi connectivity index (χ3v) is 6.06. The number of hydrogen-bond acceptors (Lipinski definition) is 5. The summed E-state index contributed by atoms with van der Waals surface area (Å²) in [5.74, 6) is 2.63. The number of aromatic nitrogens is 4. The molecule has 1 amide bonds. The number of hydrogen-bond donors (Lipinski definition) is 0. The lowest BCUT2D eigenvalue weighted by Crippen LogP contribution is -2.44. The van der Waals surface area contributed by atoms with Crippen LogP contribution in [0.1, 0.15) is 55.1 Å². The maximum atomic E-state index is 13.2. The lowest BCUT2D eigenvalue weighted by Gasteiger charge is -2.41. The van der Waals surface area contributed by atoms with Crippen LogP contribution in [0.15, 0.2) is 18.3 Å². The van der Waals surface area contributed by atoms with Crippen LogP contribution in [0.3, 0.4) is 0 Å². The zero-order valence-corrected chi connectivity index (χ0v) is 16.1. The van der Waals surface area contributed by atoms with Crippen molar-refractivity contribution in [1.82, 2.24) is 24.9 Å². The van der Waals surface area contributed by atoms with Gasteiger partial charge in [-0.05, 0) is 37.2 Å². The molecule has 2 aliphatic rings.